The van der Waals surface area contributed by atoms with E-state index in [1.165, 1.54) is 0 Å². The zero-order valence-electron chi connectivity index (χ0n) is 13.0. The zero-order chi connectivity index (χ0) is 13.0. The highest BCUT2D eigenvalue weighted by molar-refractivity contribution is 5.20. The van der Waals surface area contributed by atoms with Gasteiger partial charge in [0.15, 0.2) is 0 Å². The van der Waals surface area contributed by atoms with Crippen molar-refractivity contribution in [1.82, 2.24) is 0 Å². The molecule has 0 radical (unpaired) electrons. The fourth-order valence-corrected chi connectivity index (χ4v) is 7.34. The molecular weight excluding hydrogens is 228 g/mol. The topological polar surface area (TPSA) is 0 Å². The summed E-state index contributed by atoms with van der Waals surface area (Å²) in [6, 6.07) is 0. The van der Waals surface area contributed by atoms with Gasteiger partial charge < -0.3 is 0 Å². The molecule has 4 fully saturated rings. The van der Waals surface area contributed by atoms with E-state index < -0.39 is 0 Å². The Bertz CT molecular complexity index is 355. The molecule has 0 spiro atoms. The zero-order valence-corrected chi connectivity index (χ0v) is 13.0. The van der Waals surface area contributed by atoms with E-state index in [4.69, 9.17) is 0 Å². The van der Waals surface area contributed by atoms with E-state index in [2.05, 4.69) is 41.5 Å². The van der Waals surface area contributed by atoms with Gasteiger partial charge in [-0.2, -0.15) is 0 Å². The van der Waals surface area contributed by atoms with Crippen molar-refractivity contribution in [3.63, 3.8) is 0 Å². The maximum absolute atomic E-state index is 2.58. The van der Waals surface area contributed by atoms with Crippen LogP contribution in [0.25, 0.3) is 0 Å². The molecule has 0 aliphatic heterocycles. The Labute approximate surface area is 120 Å². The standard InChI is InChI=1S/C18H30.CH4/c1-9-10(2)12-7-11(9)15-13-8-14(16(12)15)18(5,6)17(13,3)4;/h9-16H,7-8H2,1-6H3;1H4. The second-order valence-electron chi connectivity index (χ2n) is 9.33. The molecule has 4 rings (SSSR count). The lowest BCUT2D eigenvalue weighted by molar-refractivity contribution is -0.0704. The van der Waals surface area contributed by atoms with Crippen LogP contribution < -0.4 is 0 Å². The van der Waals surface area contributed by atoms with E-state index in [1.54, 1.807) is 12.8 Å². The minimum absolute atomic E-state index is 0. The highest BCUT2D eigenvalue weighted by Crippen LogP contribution is 2.78. The van der Waals surface area contributed by atoms with E-state index in [0.29, 0.717) is 10.8 Å². The summed E-state index contributed by atoms with van der Waals surface area (Å²) in [4.78, 5) is 0. The monoisotopic (exact) mass is 262 g/mol. The third kappa shape index (κ3) is 1.24. The van der Waals surface area contributed by atoms with E-state index in [1.807, 2.05) is 0 Å². The molecule has 4 bridgehead atoms. The molecule has 0 aromatic heterocycles. The van der Waals surface area contributed by atoms with Gasteiger partial charge in [0.1, 0.15) is 0 Å². The van der Waals surface area contributed by atoms with Gasteiger partial charge in [-0.25, -0.2) is 0 Å². The van der Waals surface area contributed by atoms with Crippen LogP contribution in [0.5, 0.6) is 0 Å². The van der Waals surface area contributed by atoms with Crippen molar-refractivity contribution in [2.75, 3.05) is 0 Å². The molecular formula is C19H34. The second kappa shape index (κ2) is 3.60. The van der Waals surface area contributed by atoms with Crippen molar-refractivity contribution >= 4 is 0 Å². The summed E-state index contributed by atoms with van der Waals surface area (Å²) >= 11 is 0. The van der Waals surface area contributed by atoms with Crippen LogP contribution in [-0.2, 0) is 0 Å². The molecule has 8 unspecified atom stereocenters. The SMILES string of the molecule is C.CC1C(C)C2CC1C1C2C2CC1C(C)(C)C2(C)C. The average molecular weight is 262 g/mol. The molecule has 19 heavy (non-hydrogen) atoms. The van der Waals surface area contributed by atoms with Crippen LogP contribution in [0, 0.1) is 58.2 Å². The highest BCUT2D eigenvalue weighted by Gasteiger charge is 2.72. The van der Waals surface area contributed by atoms with Gasteiger partial charge in [0, 0.05) is 0 Å². The summed E-state index contributed by atoms with van der Waals surface area (Å²) in [5.74, 6) is 8.47. The summed E-state index contributed by atoms with van der Waals surface area (Å²) in [5.41, 5.74) is 1.15. The van der Waals surface area contributed by atoms with Crippen LogP contribution in [0.4, 0.5) is 0 Å². The number of fused-ring (bicyclic) bond motifs is 9. The fourth-order valence-electron chi connectivity index (χ4n) is 7.34. The molecule has 0 aromatic carbocycles. The Kier molecular flexibility index (Phi) is 2.65. The summed E-state index contributed by atoms with van der Waals surface area (Å²) in [5, 5.41) is 0. The van der Waals surface area contributed by atoms with Gasteiger partial charge in [-0.15, -0.1) is 0 Å². The maximum atomic E-state index is 2.58. The molecule has 8 atom stereocenters. The van der Waals surface area contributed by atoms with Crippen LogP contribution in [0.1, 0.15) is 61.8 Å². The van der Waals surface area contributed by atoms with Crippen LogP contribution >= 0.6 is 0 Å². The van der Waals surface area contributed by atoms with Crippen molar-refractivity contribution in [3.05, 3.63) is 0 Å². The first-order chi connectivity index (χ1) is 8.28. The summed E-state index contributed by atoms with van der Waals surface area (Å²) in [6.45, 7) is 15.4. The third-order valence-corrected chi connectivity index (χ3v) is 9.11. The molecule has 0 aromatic rings. The molecule has 110 valence electrons. The molecule has 4 aliphatic rings. The summed E-state index contributed by atoms with van der Waals surface area (Å²) in [7, 11) is 0. The van der Waals surface area contributed by atoms with Crippen molar-refractivity contribution in [2.45, 2.75) is 61.8 Å². The van der Waals surface area contributed by atoms with Crippen LogP contribution in [-0.4, -0.2) is 0 Å². The average Bonchev–Trinajstić information content (AvgIpc) is 2.91. The lowest BCUT2D eigenvalue weighted by Gasteiger charge is -2.55. The lowest BCUT2D eigenvalue weighted by atomic mass is 9.50. The molecule has 4 aliphatic carbocycles. The van der Waals surface area contributed by atoms with Gasteiger partial charge in [0.05, 0.1) is 0 Å². The van der Waals surface area contributed by atoms with Crippen molar-refractivity contribution in [1.29, 1.82) is 0 Å². The first-order valence-electron chi connectivity index (χ1n) is 8.28. The molecule has 0 heterocycles. The quantitative estimate of drug-likeness (QED) is 0.507. The molecule has 0 saturated heterocycles. The van der Waals surface area contributed by atoms with E-state index >= 15 is 0 Å². The molecule has 0 N–H and O–H groups in total. The Balaban J connectivity index is 0.00000110. The Morgan fingerprint density at radius 2 is 1.05 bits per heavy atom. The Morgan fingerprint density at radius 3 is 1.42 bits per heavy atom. The van der Waals surface area contributed by atoms with Gasteiger partial charge >= 0.3 is 0 Å². The largest absolute Gasteiger partial charge is 0.0776 e. The minimum Gasteiger partial charge on any atom is -0.0776 e. The fraction of sp³-hybridized carbons (Fsp3) is 1.00. The highest BCUT2D eigenvalue weighted by atomic mass is 14.8. The first-order valence-corrected chi connectivity index (χ1v) is 8.28. The number of hydrogen-bond acceptors (Lipinski definition) is 0. The normalized spacial score (nSPS) is 59.1. The van der Waals surface area contributed by atoms with E-state index in [0.717, 1.165) is 47.3 Å². The smallest absolute Gasteiger partial charge is 0.0269 e. The van der Waals surface area contributed by atoms with Crippen LogP contribution in [0.15, 0.2) is 0 Å². The van der Waals surface area contributed by atoms with Gasteiger partial charge in [0.2, 0.25) is 0 Å². The summed E-state index contributed by atoms with van der Waals surface area (Å²) in [6.07, 6.45) is 3.14. The minimum atomic E-state index is 0. The van der Waals surface area contributed by atoms with Crippen LogP contribution in [0.2, 0.25) is 0 Å². The predicted octanol–water partition coefficient (Wildman–Crippen LogP) is 5.48. The summed E-state index contributed by atoms with van der Waals surface area (Å²) < 4.78 is 0. The predicted molar refractivity (Wildman–Crippen MR) is 82.8 cm³/mol. The molecule has 0 nitrogen and oxygen atoms in total. The molecule has 4 saturated carbocycles. The van der Waals surface area contributed by atoms with Gasteiger partial charge in [0.25, 0.3) is 0 Å². The Morgan fingerprint density at radius 1 is 0.684 bits per heavy atom. The molecule has 0 heteroatoms. The number of hydrogen-bond donors (Lipinski definition) is 0. The lowest BCUT2D eigenvalue weighted by Crippen LogP contribution is -2.50. The van der Waals surface area contributed by atoms with Gasteiger partial charge in [-0.1, -0.05) is 49.0 Å². The Hall–Kier alpha value is 0. The number of rotatable bonds is 0. The van der Waals surface area contributed by atoms with Gasteiger partial charge in [-0.05, 0) is 71.0 Å². The maximum Gasteiger partial charge on any atom is -0.0269 e. The van der Waals surface area contributed by atoms with E-state index in [-0.39, 0.29) is 7.43 Å². The second-order valence-corrected chi connectivity index (χ2v) is 9.33. The van der Waals surface area contributed by atoms with Crippen molar-refractivity contribution in [2.24, 2.45) is 58.2 Å². The van der Waals surface area contributed by atoms with E-state index in [9.17, 15) is 0 Å². The molecule has 0 amide bonds. The first kappa shape index (κ1) is 14.0. The van der Waals surface area contributed by atoms with Gasteiger partial charge in [-0.3, -0.25) is 0 Å². The van der Waals surface area contributed by atoms with Crippen molar-refractivity contribution in [3.8, 4) is 0 Å². The van der Waals surface area contributed by atoms with Crippen LogP contribution in [0.3, 0.4) is 0 Å². The third-order valence-electron chi connectivity index (χ3n) is 9.11. The van der Waals surface area contributed by atoms with Crippen molar-refractivity contribution < 1.29 is 0 Å².